The second-order valence-corrected chi connectivity index (χ2v) is 16.9. The van der Waals surface area contributed by atoms with Crippen LogP contribution in [0.1, 0.15) is 59.1 Å². The molecule has 1 saturated carbocycles. The summed E-state index contributed by atoms with van der Waals surface area (Å²) in [7, 11) is 0. The Morgan fingerprint density at radius 2 is 1.02 bits per heavy atom. The van der Waals surface area contributed by atoms with Gasteiger partial charge in [-0.1, -0.05) is 171 Å². The quantitative estimate of drug-likeness (QED) is 0.170. The number of rotatable bonds is 5. The third kappa shape index (κ3) is 4.25. The van der Waals surface area contributed by atoms with Crippen LogP contribution in [-0.4, -0.2) is 0 Å². The van der Waals surface area contributed by atoms with Gasteiger partial charge in [-0.2, -0.15) is 0 Å². The fourth-order valence-corrected chi connectivity index (χ4v) is 12.3. The van der Waals surface area contributed by atoms with E-state index in [-0.39, 0.29) is 5.41 Å². The molecule has 8 aromatic carbocycles. The van der Waals surface area contributed by atoms with Gasteiger partial charge in [-0.15, -0.1) is 11.3 Å². The van der Waals surface area contributed by atoms with Crippen LogP contribution in [0.3, 0.4) is 0 Å². The molecule has 1 fully saturated rings. The van der Waals surface area contributed by atoms with Gasteiger partial charge in [0.15, 0.2) is 0 Å². The van der Waals surface area contributed by atoms with Gasteiger partial charge < -0.3 is 4.90 Å². The van der Waals surface area contributed by atoms with Crippen LogP contribution < -0.4 is 4.90 Å². The molecule has 1 heterocycles. The van der Waals surface area contributed by atoms with E-state index in [2.05, 4.69) is 193 Å². The summed E-state index contributed by atoms with van der Waals surface area (Å²) in [6.45, 7) is 0. The molecule has 9 aromatic rings. The van der Waals surface area contributed by atoms with Crippen molar-refractivity contribution in [1.82, 2.24) is 0 Å². The van der Waals surface area contributed by atoms with Crippen molar-refractivity contribution in [2.45, 2.75) is 36.5 Å². The summed E-state index contributed by atoms with van der Waals surface area (Å²) in [6, 6.07) is 70.8. The number of hydrogen-bond donors (Lipinski definition) is 0. The van der Waals surface area contributed by atoms with Gasteiger partial charge in [-0.25, -0.2) is 0 Å². The van der Waals surface area contributed by atoms with Crippen molar-refractivity contribution in [3.8, 4) is 22.3 Å². The number of para-hydroxylation sites is 1. The van der Waals surface area contributed by atoms with E-state index in [1.807, 2.05) is 11.3 Å². The lowest BCUT2D eigenvalue weighted by molar-refractivity contribution is 0.550. The number of benzene rings is 8. The maximum Gasteiger partial charge on any atom is 0.0714 e. The van der Waals surface area contributed by atoms with Crippen molar-refractivity contribution in [2.24, 2.45) is 0 Å². The van der Waals surface area contributed by atoms with E-state index in [0.717, 1.165) is 0 Å². The van der Waals surface area contributed by atoms with E-state index < -0.39 is 5.41 Å². The zero-order valence-corrected chi connectivity index (χ0v) is 31.9. The van der Waals surface area contributed by atoms with Crippen molar-refractivity contribution >= 4 is 48.6 Å². The van der Waals surface area contributed by atoms with Gasteiger partial charge in [0.1, 0.15) is 0 Å². The molecule has 3 aliphatic carbocycles. The van der Waals surface area contributed by atoms with Crippen LogP contribution in [0.5, 0.6) is 0 Å². The van der Waals surface area contributed by atoms with Gasteiger partial charge in [0, 0.05) is 32.1 Å². The van der Waals surface area contributed by atoms with Crippen LogP contribution in [0.2, 0.25) is 0 Å². The highest BCUT2D eigenvalue weighted by molar-refractivity contribution is 7.26. The topological polar surface area (TPSA) is 3.24 Å². The first kappa shape index (κ1) is 32.1. The maximum atomic E-state index is 2.55. The number of thiophene rings is 1. The molecule has 0 amide bonds. The molecule has 0 atom stereocenters. The van der Waals surface area contributed by atoms with E-state index >= 15 is 0 Å². The molecule has 1 nitrogen and oxygen atoms in total. The lowest BCUT2D eigenvalue weighted by atomic mass is 9.67. The maximum absolute atomic E-state index is 2.55. The number of anilines is 3. The molecule has 0 saturated heterocycles. The molecule has 266 valence electrons. The highest BCUT2D eigenvalue weighted by Gasteiger charge is 2.47. The van der Waals surface area contributed by atoms with Gasteiger partial charge in [0.25, 0.3) is 0 Å². The Labute approximate surface area is 332 Å². The highest BCUT2D eigenvalue weighted by Crippen LogP contribution is 2.61. The van der Waals surface area contributed by atoms with E-state index in [0.29, 0.717) is 0 Å². The van der Waals surface area contributed by atoms with Crippen molar-refractivity contribution < 1.29 is 0 Å². The minimum Gasteiger partial charge on any atom is -0.308 e. The molecule has 0 aliphatic heterocycles. The Morgan fingerprint density at radius 1 is 0.429 bits per heavy atom. The Bertz CT molecular complexity index is 2940. The molecule has 1 spiro atoms. The number of nitrogens with zero attached hydrogens (tertiary/aromatic N) is 1. The van der Waals surface area contributed by atoms with E-state index in [1.54, 1.807) is 0 Å². The smallest absolute Gasteiger partial charge is 0.0714 e. The summed E-state index contributed by atoms with van der Waals surface area (Å²) in [5.74, 6) is 0. The van der Waals surface area contributed by atoms with Crippen LogP contribution in [0.25, 0.3) is 42.4 Å². The van der Waals surface area contributed by atoms with Crippen LogP contribution >= 0.6 is 11.3 Å². The fourth-order valence-electron chi connectivity index (χ4n) is 11.1. The number of fused-ring (bicyclic) bond motifs is 11. The summed E-state index contributed by atoms with van der Waals surface area (Å²) in [4.78, 5) is 2.55. The number of hydrogen-bond acceptors (Lipinski definition) is 2. The van der Waals surface area contributed by atoms with Crippen LogP contribution in [0.4, 0.5) is 17.1 Å². The lowest BCUT2D eigenvalue weighted by Gasteiger charge is -2.33. The van der Waals surface area contributed by atoms with Crippen LogP contribution in [-0.2, 0) is 10.8 Å². The van der Waals surface area contributed by atoms with Gasteiger partial charge >= 0.3 is 0 Å². The highest BCUT2D eigenvalue weighted by atomic mass is 32.1. The Hall–Kier alpha value is -6.22. The summed E-state index contributed by atoms with van der Waals surface area (Å²) >= 11 is 1.93. The first-order chi connectivity index (χ1) is 27.8. The predicted molar refractivity (Wildman–Crippen MR) is 236 cm³/mol. The normalized spacial score (nSPS) is 15.5. The summed E-state index contributed by atoms with van der Waals surface area (Å²) in [5, 5.41) is 2.61. The van der Waals surface area contributed by atoms with Gasteiger partial charge in [0.05, 0.1) is 21.5 Å². The van der Waals surface area contributed by atoms with Gasteiger partial charge in [-0.05, 0) is 93.2 Å². The van der Waals surface area contributed by atoms with E-state index in [1.165, 1.54) is 119 Å². The lowest BCUT2D eigenvalue weighted by Crippen LogP contribution is -2.28. The zero-order valence-electron chi connectivity index (χ0n) is 31.1. The fraction of sp³-hybridized carbons (Fsp3) is 0.111. The second kappa shape index (κ2) is 12.1. The zero-order chi connectivity index (χ0) is 36.8. The minimum absolute atomic E-state index is 0.108. The summed E-state index contributed by atoms with van der Waals surface area (Å²) in [6.07, 6.45) is 5.01. The van der Waals surface area contributed by atoms with Crippen molar-refractivity contribution in [3.63, 3.8) is 0 Å². The van der Waals surface area contributed by atoms with Crippen molar-refractivity contribution in [2.75, 3.05) is 4.90 Å². The Kier molecular flexibility index (Phi) is 6.95. The molecular weight excluding hydrogens is 695 g/mol. The molecule has 0 unspecified atom stereocenters. The largest absolute Gasteiger partial charge is 0.308 e. The van der Waals surface area contributed by atoms with Gasteiger partial charge in [-0.3, -0.25) is 0 Å². The molecular formula is C54H39NS. The monoisotopic (exact) mass is 733 g/mol. The minimum atomic E-state index is -0.425. The molecule has 1 aromatic heterocycles. The predicted octanol–water partition coefficient (Wildman–Crippen LogP) is 14.7. The van der Waals surface area contributed by atoms with Crippen molar-refractivity contribution in [3.05, 3.63) is 221 Å². The summed E-state index contributed by atoms with van der Waals surface area (Å²) in [5.41, 5.74) is 17.1. The van der Waals surface area contributed by atoms with Gasteiger partial charge in [0.2, 0.25) is 0 Å². The first-order valence-electron chi connectivity index (χ1n) is 20.1. The Balaban J connectivity index is 1.10. The summed E-state index contributed by atoms with van der Waals surface area (Å²) < 4.78 is 2.62. The third-order valence-electron chi connectivity index (χ3n) is 13.3. The molecule has 56 heavy (non-hydrogen) atoms. The molecule has 0 N–H and O–H groups in total. The molecule has 0 radical (unpaired) electrons. The SMILES string of the molecule is c1ccc(N(c2cccc3c2-c2ccccc2C32CCCC2)c2cccc3c2sc2cc(C4(c5ccccc5)c5ccccc5-c5ccccc54)ccc23)cc1. The standard InChI is InChI=1S/C54H39NS/c1-3-17-36(18-4-1)54(45-26-11-7-21-39(45)40-22-8-12-27-46(40)54)37-31-32-41-42-24-15-30-49(52(42)56-50(41)35-37)55(38-19-5-2-6-20-38)48-29-16-28-47-51(48)43-23-9-10-25-44(43)53(47)33-13-14-34-53/h1-12,15-32,35H,13-14,33-34H2. The first-order valence-corrected chi connectivity index (χ1v) is 20.9. The van der Waals surface area contributed by atoms with Crippen LogP contribution in [0.15, 0.2) is 188 Å². The molecule has 0 bridgehead atoms. The average Bonchev–Trinajstić information content (AvgIpc) is 4.04. The second-order valence-electron chi connectivity index (χ2n) is 15.9. The van der Waals surface area contributed by atoms with Crippen LogP contribution in [0, 0.1) is 0 Å². The Morgan fingerprint density at radius 3 is 1.75 bits per heavy atom. The van der Waals surface area contributed by atoms with E-state index in [4.69, 9.17) is 0 Å². The van der Waals surface area contributed by atoms with E-state index in [9.17, 15) is 0 Å². The molecule has 2 heteroatoms. The molecule has 12 rings (SSSR count). The molecule has 3 aliphatic rings. The average molecular weight is 734 g/mol. The third-order valence-corrected chi connectivity index (χ3v) is 14.5. The van der Waals surface area contributed by atoms with Crippen molar-refractivity contribution in [1.29, 1.82) is 0 Å².